The molecular formula is C15H15NO3. The van der Waals surface area contributed by atoms with E-state index in [9.17, 15) is 4.79 Å². The van der Waals surface area contributed by atoms with Gasteiger partial charge in [0.05, 0.1) is 6.61 Å². The molecule has 0 saturated heterocycles. The summed E-state index contributed by atoms with van der Waals surface area (Å²) in [4.78, 5) is 15.5. The molecule has 0 saturated carbocycles. The maximum absolute atomic E-state index is 10.8. The van der Waals surface area contributed by atoms with E-state index < -0.39 is 5.97 Å². The third-order valence-electron chi connectivity index (χ3n) is 2.65. The van der Waals surface area contributed by atoms with Gasteiger partial charge in [-0.05, 0) is 16.8 Å². The van der Waals surface area contributed by atoms with Gasteiger partial charge in [0.1, 0.15) is 5.71 Å². The molecule has 19 heavy (non-hydrogen) atoms. The van der Waals surface area contributed by atoms with E-state index in [-0.39, 0.29) is 6.61 Å². The predicted octanol–water partition coefficient (Wildman–Crippen LogP) is 2.75. The molecule has 0 aliphatic rings. The Balaban J connectivity index is 2.38. The summed E-state index contributed by atoms with van der Waals surface area (Å²) in [7, 11) is 1.57. The number of hydrogen-bond donors (Lipinski definition) is 0. The summed E-state index contributed by atoms with van der Waals surface area (Å²) in [6.07, 6.45) is 0. The van der Waals surface area contributed by atoms with Crippen molar-refractivity contribution < 1.29 is 14.4 Å². The van der Waals surface area contributed by atoms with Crippen molar-refractivity contribution in [3.63, 3.8) is 0 Å². The Hall–Kier alpha value is -2.20. The average Bonchev–Trinajstić information content (AvgIpc) is 2.42. The Morgan fingerprint density at radius 3 is 2.58 bits per heavy atom. The predicted molar refractivity (Wildman–Crippen MR) is 74.1 cm³/mol. The highest BCUT2D eigenvalue weighted by atomic mass is 16.7. The number of methoxy groups -OCH3 is 1. The fraction of sp³-hybridized carbons (Fsp3) is 0.200. The number of nitrogens with zero attached hydrogens (tertiary/aromatic N) is 1. The summed E-state index contributed by atoms with van der Waals surface area (Å²) in [6.45, 7) is 1.60. The normalized spacial score (nSPS) is 11.6. The molecule has 0 fully saturated rings. The fourth-order valence-corrected chi connectivity index (χ4v) is 1.79. The molecule has 0 bridgehead atoms. The quantitative estimate of drug-likeness (QED) is 0.480. The van der Waals surface area contributed by atoms with Crippen molar-refractivity contribution in [3.05, 3.63) is 48.0 Å². The first kappa shape index (κ1) is 13.2. The maximum Gasteiger partial charge on any atom is 0.331 e. The largest absolute Gasteiger partial charge is 0.378 e. The molecule has 0 aliphatic heterocycles. The highest BCUT2D eigenvalue weighted by Crippen LogP contribution is 2.16. The highest BCUT2D eigenvalue weighted by Gasteiger charge is 2.06. The van der Waals surface area contributed by atoms with Crippen molar-refractivity contribution in [3.8, 4) is 0 Å². The minimum atomic E-state index is -0.450. The summed E-state index contributed by atoms with van der Waals surface area (Å²) in [5.41, 5.74) is 1.46. The van der Waals surface area contributed by atoms with E-state index >= 15 is 0 Å². The number of fused-ring (bicyclic) bond motifs is 1. The standard InChI is InChI=1S/C15H15NO3/c1-11(17)19-16-15(10-18-2)14-8-7-12-5-3-4-6-13(12)9-14/h3-9H,10H2,1-2H3/b16-15+. The molecule has 98 valence electrons. The van der Waals surface area contributed by atoms with E-state index in [1.165, 1.54) is 6.92 Å². The first-order chi connectivity index (χ1) is 9.20. The van der Waals surface area contributed by atoms with Gasteiger partial charge in [-0.3, -0.25) is 0 Å². The van der Waals surface area contributed by atoms with Crippen LogP contribution in [0.1, 0.15) is 12.5 Å². The lowest BCUT2D eigenvalue weighted by Crippen LogP contribution is -2.10. The summed E-state index contributed by atoms with van der Waals surface area (Å²) in [6, 6.07) is 14.0. The Bertz CT molecular complexity index is 620. The minimum absolute atomic E-state index is 0.283. The average molecular weight is 257 g/mol. The molecule has 0 aromatic heterocycles. The zero-order valence-corrected chi connectivity index (χ0v) is 10.9. The van der Waals surface area contributed by atoms with Crippen LogP contribution in [0.5, 0.6) is 0 Å². The molecule has 0 spiro atoms. The molecule has 0 radical (unpaired) electrons. The van der Waals surface area contributed by atoms with Crippen LogP contribution in [0, 0.1) is 0 Å². The van der Waals surface area contributed by atoms with E-state index in [0.717, 1.165) is 16.3 Å². The van der Waals surface area contributed by atoms with Crippen LogP contribution in [-0.2, 0) is 14.4 Å². The Morgan fingerprint density at radius 2 is 1.89 bits per heavy atom. The smallest absolute Gasteiger partial charge is 0.331 e. The van der Waals surface area contributed by atoms with Crippen LogP contribution < -0.4 is 0 Å². The van der Waals surface area contributed by atoms with Gasteiger partial charge in [-0.15, -0.1) is 0 Å². The van der Waals surface area contributed by atoms with Crippen molar-refractivity contribution in [2.75, 3.05) is 13.7 Å². The zero-order valence-electron chi connectivity index (χ0n) is 10.9. The molecule has 0 aliphatic carbocycles. The molecule has 2 rings (SSSR count). The molecule has 0 amide bonds. The first-order valence-electron chi connectivity index (χ1n) is 5.93. The molecule has 0 unspecified atom stereocenters. The van der Waals surface area contributed by atoms with Gasteiger partial charge in [-0.1, -0.05) is 41.6 Å². The van der Waals surface area contributed by atoms with Crippen LogP contribution in [0.4, 0.5) is 0 Å². The van der Waals surface area contributed by atoms with E-state index in [0.29, 0.717) is 5.71 Å². The molecule has 0 atom stereocenters. The molecule has 4 heteroatoms. The van der Waals surface area contributed by atoms with Gasteiger partial charge in [-0.2, -0.15) is 0 Å². The topological polar surface area (TPSA) is 47.9 Å². The second kappa shape index (κ2) is 6.11. The van der Waals surface area contributed by atoms with Crippen molar-refractivity contribution >= 4 is 22.5 Å². The zero-order chi connectivity index (χ0) is 13.7. The third kappa shape index (κ3) is 3.39. The molecule has 4 nitrogen and oxygen atoms in total. The van der Waals surface area contributed by atoms with Crippen molar-refractivity contribution in [2.45, 2.75) is 6.92 Å². The number of benzene rings is 2. The summed E-state index contributed by atoms with van der Waals surface area (Å²) >= 11 is 0. The highest BCUT2D eigenvalue weighted by molar-refractivity contribution is 6.04. The van der Waals surface area contributed by atoms with Gasteiger partial charge in [0.15, 0.2) is 0 Å². The summed E-state index contributed by atoms with van der Waals surface area (Å²) in [5, 5.41) is 6.08. The Kier molecular flexibility index (Phi) is 4.26. The molecule has 2 aromatic rings. The molecule has 0 heterocycles. The van der Waals surface area contributed by atoms with Crippen molar-refractivity contribution in [1.29, 1.82) is 0 Å². The van der Waals surface area contributed by atoms with Gasteiger partial charge < -0.3 is 9.57 Å². The van der Waals surface area contributed by atoms with E-state index in [1.54, 1.807) is 7.11 Å². The van der Waals surface area contributed by atoms with Crippen molar-refractivity contribution in [2.24, 2.45) is 5.16 Å². The molecule has 0 N–H and O–H groups in total. The number of rotatable bonds is 4. The van der Waals surface area contributed by atoms with E-state index in [2.05, 4.69) is 5.16 Å². The van der Waals surface area contributed by atoms with Crippen LogP contribution >= 0.6 is 0 Å². The maximum atomic E-state index is 10.8. The first-order valence-corrected chi connectivity index (χ1v) is 5.93. The second-order valence-corrected chi connectivity index (χ2v) is 4.12. The fourth-order valence-electron chi connectivity index (χ4n) is 1.79. The van der Waals surface area contributed by atoms with Gasteiger partial charge in [0.25, 0.3) is 0 Å². The van der Waals surface area contributed by atoms with Crippen LogP contribution in [0.25, 0.3) is 10.8 Å². The second-order valence-electron chi connectivity index (χ2n) is 4.12. The number of carbonyl (C=O) groups excluding carboxylic acids is 1. The monoisotopic (exact) mass is 257 g/mol. The minimum Gasteiger partial charge on any atom is -0.378 e. The van der Waals surface area contributed by atoms with Gasteiger partial charge in [0, 0.05) is 19.6 Å². The van der Waals surface area contributed by atoms with E-state index in [4.69, 9.17) is 9.57 Å². The number of ether oxygens (including phenoxy) is 1. The number of oxime groups is 1. The van der Waals surface area contributed by atoms with Gasteiger partial charge in [-0.25, -0.2) is 4.79 Å². The lowest BCUT2D eigenvalue weighted by atomic mass is 10.0. The van der Waals surface area contributed by atoms with Crippen LogP contribution in [0.3, 0.4) is 0 Å². The van der Waals surface area contributed by atoms with Crippen LogP contribution in [0.2, 0.25) is 0 Å². The van der Waals surface area contributed by atoms with Crippen LogP contribution in [-0.4, -0.2) is 25.4 Å². The lowest BCUT2D eigenvalue weighted by molar-refractivity contribution is -0.140. The van der Waals surface area contributed by atoms with Crippen LogP contribution in [0.15, 0.2) is 47.6 Å². The van der Waals surface area contributed by atoms with Gasteiger partial charge in [0.2, 0.25) is 0 Å². The lowest BCUT2D eigenvalue weighted by Gasteiger charge is -2.06. The summed E-state index contributed by atoms with van der Waals surface area (Å²) in [5.74, 6) is -0.450. The van der Waals surface area contributed by atoms with E-state index in [1.807, 2.05) is 42.5 Å². The Labute approximate surface area is 111 Å². The Morgan fingerprint density at radius 1 is 1.16 bits per heavy atom. The molecular weight excluding hydrogens is 242 g/mol. The molecule has 2 aromatic carbocycles. The number of hydrogen-bond acceptors (Lipinski definition) is 4. The van der Waals surface area contributed by atoms with Gasteiger partial charge >= 0.3 is 5.97 Å². The summed E-state index contributed by atoms with van der Waals surface area (Å²) < 4.78 is 5.08. The number of carbonyl (C=O) groups is 1. The third-order valence-corrected chi connectivity index (χ3v) is 2.65. The van der Waals surface area contributed by atoms with Crippen molar-refractivity contribution in [1.82, 2.24) is 0 Å². The SMILES string of the molecule is COC/C(=N\OC(C)=O)c1ccc2ccccc2c1.